The second-order valence-corrected chi connectivity index (χ2v) is 8.34. The SMILES string of the molecule is COc1cc(/C=C2/SC(=O)N(CC(=O)c3ccc(Cl)cc3)C2=O)cc(I)c1O. The fourth-order valence-electron chi connectivity index (χ4n) is 2.49. The molecule has 0 aromatic heterocycles. The molecular formula is C19H13ClINO5S. The number of amides is 2. The van der Waals surface area contributed by atoms with E-state index in [2.05, 4.69) is 0 Å². The fourth-order valence-corrected chi connectivity index (χ4v) is 4.08. The summed E-state index contributed by atoms with van der Waals surface area (Å²) < 4.78 is 5.64. The van der Waals surface area contributed by atoms with Crippen molar-refractivity contribution in [3.63, 3.8) is 0 Å². The van der Waals surface area contributed by atoms with Crippen LogP contribution in [0, 0.1) is 3.57 Å². The van der Waals surface area contributed by atoms with Crippen molar-refractivity contribution in [2.45, 2.75) is 0 Å². The summed E-state index contributed by atoms with van der Waals surface area (Å²) in [6, 6.07) is 9.45. The summed E-state index contributed by atoms with van der Waals surface area (Å²) in [4.78, 5) is 38.3. The molecule has 1 fully saturated rings. The predicted octanol–water partition coefficient (Wildman–Crippen LogP) is 4.58. The number of Topliss-reactive ketones (excluding diaryl/α,β-unsaturated/α-hetero) is 1. The third-order valence-electron chi connectivity index (χ3n) is 3.91. The van der Waals surface area contributed by atoms with E-state index in [0.29, 0.717) is 19.7 Å². The van der Waals surface area contributed by atoms with Crippen molar-refractivity contribution in [1.82, 2.24) is 4.90 Å². The minimum Gasteiger partial charge on any atom is -0.504 e. The summed E-state index contributed by atoms with van der Waals surface area (Å²) in [5, 5.41) is 9.89. The molecule has 28 heavy (non-hydrogen) atoms. The van der Waals surface area contributed by atoms with Gasteiger partial charge in [0.05, 0.1) is 22.1 Å². The second-order valence-electron chi connectivity index (χ2n) is 5.75. The van der Waals surface area contributed by atoms with Crippen LogP contribution < -0.4 is 4.74 Å². The first-order chi connectivity index (χ1) is 13.3. The lowest BCUT2D eigenvalue weighted by Gasteiger charge is -2.11. The number of carbonyl (C=O) groups is 3. The second kappa shape index (κ2) is 8.54. The molecule has 0 radical (unpaired) electrons. The van der Waals surface area contributed by atoms with Gasteiger partial charge < -0.3 is 9.84 Å². The van der Waals surface area contributed by atoms with E-state index < -0.39 is 11.1 Å². The Labute approximate surface area is 183 Å². The molecule has 0 bridgehead atoms. The monoisotopic (exact) mass is 529 g/mol. The molecule has 1 heterocycles. The Kier molecular flexibility index (Phi) is 6.31. The number of carbonyl (C=O) groups excluding carboxylic acids is 3. The molecule has 1 aliphatic rings. The van der Waals surface area contributed by atoms with E-state index in [1.165, 1.54) is 13.2 Å². The standard InChI is InChI=1S/C19H13ClINO5S/c1-27-15-7-10(6-13(21)17(15)24)8-16-18(25)22(19(26)28-16)9-14(23)11-2-4-12(20)5-3-11/h2-8,24H,9H2,1H3/b16-8+. The van der Waals surface area contributed by atoms with Crippen LogP contribution in [-0.2, 0) is 4.79 Å². The highest BCUT2D eigenvalue weighted by molar-refractivity contribution is 14.1. The van der Waals surface area contributed by atoms with Gasteiger partial charge in [-0.25, -0.2) is 0 Å². The molecule has 0 spiro atoms. The summed E-state index contributed by atoms with van der Waals surface area (Å²) in [7, 11) is 1.42. The zero-order valence-electron chi connectivity index (χ0n) is 14.4. The Morgan fingerprint density at radius 3 is 2.61 bits per heavy atom. The first-order valence-corrected chi connectivity index (χ1v) is 10.2. The number of phenols is 1. The molecule has 1 N–H and O–H groups in total. The van der Waals surface area contributed by atoms with E-state index >= 15 is 0 Å². The van der Waals surface area contributed by atoms with Crippen molar-refractivity contribution in [1.29, 1.82) is 0 Å². The number of rotatable bonds is 5. The molecule has 144 valence electrons. The van der Waals surface area contributed by atoms with Gasteiger partial charge in [0, 0.05) is 10.6 Å². The topological polar surface area (TPSA) is 83.9 Å². The summed E-state index contributed by atoms with van der Waals surface area (Å²) in [6.45, 7) is -0.347. The zero-order valence-corrected chi connectivity index (χ0v) is 18.2. The first-order valence-electron chi connectivity index (χ1n) is 7.90. The van der Waals surface area contributed by atoms with Crippen LogP contribution in [0.25, 0.3) is 6.08 Å². The third kappa shape index (κ3) is 4.34. The largest absolute Gasteiger partial charge is 0.504 e. The summed E-state index contributed by atoms with van der Waals surface area (Å²) in [5.41, 5.74) is 0.957. The van der Waals surface area contributed by atoms with Gasteiger partial charge in [0.2, 0.25) is 0 Å². The number of aromatic hydroxyl groups is 1. The smallest absolute Gasteiger partial charge is 0.293 e. The third-order valence-corrected chi connectivity index (χ3v) is 5.89. The van der Waals surface area contributed by atoms with Crippen molar-refractivity contribution < 1.29 is 24.2 Å². The molecular weight excluding hydrogens is 517 g/mol. The molecule has 2 amide bonds. The van der Waals surface area contributed by atoms with Crippen LogP contribution in [0.4, 0.5) is 4.79 Å². The Balaban J connectivity index is 1.81. The average Bonchev–Trinajstić information content (AvgIpc) is 2.92. The van der Waals surface area contributed by atoms with Crippen LogP contribution in [0.3, 0.4) is 0 Å². The van der Waals surface area contributed by atoms with Gasteiger partial charge >= 0.3 is 0 Å². The molecule has 1 saturated heterocycles. The van der Waals surface area contributed by atoms with Crippen LogP contribution in [0.2, 0.25) is 5.02 Å². The molecule has 6 nitrogen and oxygen atoms in total. The maximum absolute atomic E-state index is 12.6. The number of benzene rings is 2. The van der Waals surface area contributed by atoms with Gasteiger partial charge in [-0.3, -0.25) is 19.3 Å². The Hall–Kier alpha value is -2.04. The zero-order chi connectivity index (χ0) is 20.4. The quantitative estimate of drug-likeness (QED) is 0.347. The minimum atomic E-state index is -0.542. The number of thioether (sulfide) groups is 1. The molecule has 1 aliphatic heterocycles. The van der Waals surface area contributed by atoms with Gasteiger partial charge in [-0.2, -0.15) is 0 Å². The van der Waals surface area contributed by atoms with Crippen LogP contribution in [-0.4, -0.2) is 40.6 Å². The van der Waals surface area contributed by atoms with Gasteiger partial charge in [-0.15, -0.1) is 0 Å². The highest BCUT2D eigenvalue weighted by Crippen LogP contribution is 2.36. The molecule has 2 aromatic rings. The number of ketones is 1. The molecule has 2 aromatic carbocycles. The van der Waals surface area contributed by atoms with Crippen molar-refractivity contribution in [3.05, 3.63) is 61.0 Å². The van der Waals surface area contributed by atoms with E-state index in [9.17, 15) is 19.5 Å². The number of methoxy groups -OCH3 is 1. The molecule has 3 rings (SSSR count). The van der Waals surface area contributed by atoms with Crippen molar-refractivity contribution in [2.75, 3.05) is 13.7 Å². The molecule has 0 saturated carbocycles. The van der Waals surface area contributed by atoms with Crippen molar-refractivity contribution in [3.8, 4) is 11.5 Å². The fraction of sp³-hybridized carbons (Fsp3) is 0.105. The first kappa shape index (κ1) is 20.7. The maximum atomic E-state index is 12.6. The number of nitrogens with zero attached hydrogens (tertiary/aromatic N) is 1. The van der Waals surface area contributed by atoms with E-state index in [1.54, 1.807) is 36.4 Å². The summed E-state index contributed by atoms with van der Waals surface area (Å²) in [5.74, 6) is -0.641. The molecule has 0 unspecified atom stereocenters. The number of ether oxygens (including phenoxy) is 1. The van der Waals surface area contributed by atoms with Gasteiger partial charge in [0.15, 0.2) is 17.3 Å². The number of hydrogen-bond donors (Lipinski definition) is 1. The van der Waals surface area contributed by atoms with Gasteiger partial charge in [0.1, 0.15) is 0 Å². The van der Waals surface area contributed by atoms with Crippen LogP contribution in [0.5, 0.6) is 11.5 Å². The Morgan fingerprint density at radius 1 is 1.29 bits per heavy atom. The average molecular weight is 530 g/mol. The number of hydrogen-bond acceptors (Lipinski definition) is 6. The van der Waals surface area contributed by atoms with Crippen LogP contribution in [0.15, 0.2) is 41.3 Å². The van der Waals surface area contributed by atoms with Gasteiger partial charge in [-0.05, 0) is 82.4 Å². The van der Waals surface area contributed by atoms with E-state index in [-0.39, 0.29) is 28.7 Å². The lowest BCUT2D eigenvalue weighted by molar-refractivity contribution is -0.122. The molecule has 9 heteroatoms. The highest BCUT2D eigenvalue weighted by Gasteiger charge is 2.36. The van der Waals surface area contributed by atoms with E-state index in [0.717, 1.165) is 16.7 Å². The highest BCUT2D eigenvalue weighted by atomic mass is 127. The minimum absolute atomic E-state index is 0.00177. The van der Waals surface area contributed by atoms with Gasteiger partial charge in [0.25, 0.3) is 11.1 Å². The summed E-state index contributed by atoms with van der Waals surface area (Å²) in [6.07, 6.45) is 1.53. The Bertz CT molecular complexity index is 1010. The normalized spacial score (nSPS) is 15.4. The van der Waals surface area contributed by atoms with Gasteiger partial charge in [-0.1, -0.05) is 11.6 Å². The van der Waals surface area contributed by atoms with Crippen molar-refractivity contribution in [2.24, 2.45) is 0 Å². The number of halogens is 2. The maximum Gasteiger partial charge on any atom is 0.293 e. The summed E-state index contributed by atoms with van der Waals surface area (Å²) >= 11 is 8.51. The molecule has 0 atom stereocenters. The Morgan fingerprint density at radius 2 is 1.96 bits per heavy atom. The van der Waals surface area contributed by atoms with Crippen LogP contribution >= 0.6 is 46.0 Å². The van der Waals surface area contributed by atoms with E-state index in [4.69, 9.17) is 16.3 Å². The van der Waals surface area contributed by atoms with Crippen molar-refractivity contribution >= 4 is 69.0 Å². The van der Waals surface area contributed by atoms with E-state index in [1.807, 2.05) is 22.6 Å². The lowest BCUT2D eigenvalue weighted by atomic mass is 10.1. The predicted molar refractivity (Wildman–Crippen MR) is 116 cm³/mol. The lowest BCUT2D eigenvalue weighted by Crippen LogP contribution is -2.33. The number of phenolic OH excluding ortho intramolecular Hbond substituents is 1. The van der Waals surface area contributed by atoms with Crippen LogP contribution in [0.1, 0.15) is 15.9 Å². The molecule has 0 aliphatic carbocycles. The number of imide groups is 1.